The van der Waals surface area contributed by atoms with E-state index in [0.29, 0.717) is 21.4 Å². The average molecular weight is 313 g/mol. The van der Waals surface area contributed by atoms with Gasteiger partial charge in [0.15, 0.2) is 0 Å². The van der Waals surface area contributed by atoms with Gasteiger partial charge in [-0.15, -0.1) is 0 Å². The first-order valence-corrected chi connectivity index (χ1v) is 6.55. The van der Waals surface area contributed by atoms with Crippen LogP contribution in [0.5, 0.6) is 5.75 Å². The van der Waals surface area contributed by atoms with E-state index in [-0.39, 0.29) is 11.6 Å². The van der Waals surface area contributed by atoms with Crippen LogP contribution < -0.4 is 10.5 Å². The Kier molecular flexibility index (Phi) is 4.58. The molecular weight excluding hydrogens is 303 g/mol. The van der Waals surface area contributed by atoms with Crippen LogP contribution in [0.1, 0.15) is 11.1 Å². The fourth-order valence-corrected chi connectivity index (χ4v) is 2.00. The Morgan fingerprint density at radius 2 is 2.11 bits per heavy atom. The highest BCUT2D eigenvalue weighted by Crippen LogP contribution is 2.25. The Morgan fingerprint density at radius 1 is 1.32 bits per heavy atom. The number of aromatic nitrogens is 1. The molecule has 3 nitrogen and oxygen atoms in total. The van der Waals surface area contributed by atoms with Gasteiger partial charge in [0.05, 0.1) is 10.6 Å². The zero-order valence-electron chi connectivity index (χ0n) is 9.77. The summed E-state index contributed by atoms with van der Waals surface area (Å²) in [7, 11) is 0. The minimum absolute atomic E-state index is 0.257. The molecule has 0 aliphatic heterocycles. The summed E-state index contributed by atoms with van der Waals surface area (Å²) in [5.74, 6) is 0.535. The van der Waals surface area contributed by atoms with Gasteiger partial charge in [-0.25, -0.2) is 0 Å². The Bertz CT molecular complexity index is 619. The summed E-state index contributed by atoms with van der Waals surface area (Å²) in [5, 5.41) is 1.09. The zero-order chi connectivity index (χ0) is 13.8. The number of halogens is 2. The lowest BCUT2D eigenvalue weighted by molar-refractivity contribution is 0.305. The van der Waals surface area contributed by atoms with Crippen LogP contribution in [0.4, 0.5) is 0 Å². The molecule has 2 aromatic rings. The normalized spacial score (nSPS) is 10.2. The molecule has 1 aromatic carbocycles. The van der Waals surface area contributed by atoms with E-state index in [1.807, 2.05) is 0 Å². The molecule has 98 valence electrons. The van der Waals surface area contributed by atoms with Gasteiger partial charge in [0.1, 0.15) is 17.3 Å². The highest BCUT2D eigenvalue weighted by Gasteiger charge is 2.08. The van der Waals surface area contributed by atoms with Crippen LogP contribution in [0.2, 0.25) is 10.0 Å². The maximum Gasteiger partial charge on any atom is 0.131 e. The van der Waals surface area contributed by atoms with Crippen molar-refractivity contribution in [2.24, 2.45) is 5.73 Å². The van der Waals surface area contributed by atoms with Gasteiger partial charge in [-0.2, -0.15) is 0 Å². The molecule has 0 spiro atoms. The van der Waals surface area contributed by atoms with Crippen LogP contribution in [-0.4, -0.2) is 9.97 Å². The first kappa shape index (κ1) is 14.1. The lowest BCUT2D eigenvalue weighted by atomic mass is 10.2. The summed E-state index contributed by atoms with van der Waals surface area (Å²) in [6.07, 6.45) is 3.21. The fourth-order valence-electron chi connectivity index (χ4n) is 1.50. The smallest absolute Gasteiger partial charge is 0.131 e. The molecule has 0 bridgehead atoms. The van der Waals surface area contributed by atoms with Gasteiger partial charge in [0.25, 0.3) is 0 Å². The van der Waals surface area contributed by atoms with Crippen molar-refractivity contribution in [3.8, 4) is 5.75 Å². The summed E-state index contributed by atoms with van der Waals surface area (Å²) in [6, 6.07) is 6.90. The number of pyridine rings is 1. The second kappa shape index (κ2) is 6.19. The predicted octanol–water partition coefficient (Wildman–Crippen LogP) is 3.60. The monoisotopic (exact) mass is 312 g/mol. The molecule has 6 heteroatoms. The first-order chi connectivity index (χ1) is 9.08. The summed E-state index contributed by atoms with van der Waals surface area (Å²) >= 11 is 16.9. The van der Waals surface area contributed by atoms with Crippen LogP contribution >= 0.6 is 35.4 Å². The second-order valence-electron chi connectivity index (χ2n) is 3.76. The molecular formula is C13H10Cl2N2OS. The third-order valence-corrected chi connectivity index (χ3v) is 3.24. The number of ether oxygens (including phenoxy) is 1. The van der Waals surface area contributed by atoms with Gasteiger partial charge in [0, 0.05) is 23.0 Å². The maximum atomic E-state index is 6.01. The minimum Gasteiger partial charge on any atom is -0.488 e. The van der Waals surface area contributed by atoms with Crippen molar-refractivity contribution < 1.29 is 4.74 Å². The van der Waals surface area contributed by atoms with Crippen LogP contribution in [0.15, 0.2) is 36.7 Å². The number of nitrogens with two attached hydrogens (primary N) is 1. The maximum absolute atomic E-state index is 6.01. The van der Waals surface area contributed by atoms with Crippen molar-refractivity contribution >= 4 is 40.4 Å². The summed E-state index contributed by atoms with van der Waals surface area (Å²) in [6.45, 7) is 0.289. The quantitative estimate of drug-likeness (QED) is 0.876. The molecule has 0 aliphatic carbocycles. The third-order valence-electron chi connectivity index (χ3n) is 2.45. The highest BCUT2D eigenvalue weighted by atomic mass is 35.5. The zero-order valence-corrected chi connectivity index (χ0v) is 12.1. The van der Waals surface area contributed by atoms with Crippen molar-refractivity contribution in [1.29, 1.82) is 0 Å². The van der Waals surface area contributed by atoms with E-state index in [4.69, 9.17) is 45.9 Å². The Labute approximate surface area is 126 Å². The van der Waals surface area contributed by atoms with E-state index in [9.17, 15) is 0 Å². The Hall–Kier alpha value is -1.36. The molecule has 0 fully saturated rings. The molecule has 2 N–H and O–H groups in total. The Balaban J connectivity index is 2.22. The number of nitrogens with zero attached hydrogens (tertiary/aromatic N) is 1. The topological polar surface area (TPSA) is 48.1 Å². The van der Waals surface area contributed by atoms with Crippen LogP contribution in [0.25, 0.3) is 0 Å². The summed E-state index contributed by atoms with van der Waals surface area (Å²) < 4.78 is 5.68. The van der Waals surface area contributed by atoms with Gasteiger partial charge in [-0.3, -0.25) is 4.98 Å². The number of hydrogen-bond acceptors (Lipinski definition) is 3. The van der Waals surface area contributed by atoms with E-state index in [1.54, 1.807) is 36.7 Å². The molecule has 0 saturated heterocycles. The number of thiocarbonyl (C=S) groups is 1. The Morgan fingerprint density at radius 3 is 2.79 bits per heavy atom. The largest absolute Gasteiger partial charge is 0.488 e. The van der Waals surface area contributed by atoms with Gasteiger partial charge in [-0.05, 0) is 24.3 Å². The standard InChI is InChI=1S/C13H10Cl2N2OS/c14-9-1-2-10(13(16)19)12(5-9)18-7-8-3-4-17-6-11(8)15/h1-6H,7H2,(H2,16,19). The van der Waals surface area contributed by atoms with E-state index in [0.717, 1.165) is 5.56 Å². The van der Waals surface area contributed by atoms with Crippen LogP contribution in [-0.2, 0) is 6.61 Å². The van der Waals surface area contributed by atoms with Crippen LogP contribution in [0, 0.1) is 0 Å². The predicted molar refractivity (Wildman–Crippen MR) is 80.9 cm³/mol. The fraction of sp³-hybridized carbons (Fsp3) is 0.0769. The van der Waals surface area contributed by atoms with Crippen LogP contribution in [0.3, 0.4) is 0 Å². The van der Waals surface area contributed by atoms with Crippen molar-refractivity contribution in [3.05, 3.63) is 57.8 Å². The summed E-state index contributed by atoms with van der Waals surface area (Å²) in [4.78, 5) is 4.17. The van der Waals surface area contributed by atoms with E-state index < -0.39 is 0 Å². The SMILES string of the molecule is NC(=S)c1ccc(Cl)cc1OCc1ccncc1Cl. The molecule has 0 saturated carbocycles. The van der Waals surface area contributed by atoms with Gasteiger partial charge in [-0.1, -0.05) is 35.4 Å². The van der Waals surface area contributed by atoms with Crippen molar-refractivity contribution in [1.82, 2.24) is 4.98 Å². The third kappa shape index (κ3) is 3.56. The van der Waals surface area contributed by atoms with E-state index in [2.05, 4.69) is 4.98 Å². The number of hydrogen-bond donors (Lipinski definition) is 1. The van der Waals surface area contributed by atoms with Gasteiger partial charge in [0.2, 0.25) is 0 Å². The molecule has 0 aliphatic rings. The van der Waals surface area contributed by atoms with Crippen molar-refractivity contribution in [2.45, 2.75) is 6.61 Å². The number of benzene rings is 1. The number of rotatable bonds is 4. The second-order valence-corrected chi connectivity index (χ2v) is 5.04. The molecule has 0 unspecified atom stereocenters. The molecule has 1 heterocycles. The van der Waals surface area contributed by atoms with E-state index >= 15 is 0 Å². The first-order valence-electron chi connectivity index (χ1n) is 5.38. The van der Waals surface area contributed by atoms with Gasteiger partial charge >= 0.3 is 0 Å². The van der Waals surface area contributed by atoms with E-state index in [1.165, 1.54) is 0 Å². The average Bonchev–Trinajstić information content (AvgIpc) is 2.37. The molecule has 19 heavy (non-hydrogen) atoms. The van der Waals surface area contributed by atoms with Gasteiger partial charge < -0.3 is 10.5 Å². The molecule has 0 atom stereocenters. The van der Waals surface area contributed by atoms with Crippen molar-refractivity contribution in [2.75, 3.05) is 0 Å². The molecule has 2 rings (SSSR count). The lowest BCUT2D eigenvalue weighted by Crippen LogP contribution is -2.11. The summed E-state index contributed by atoms with van der Waals surface area (Å²) in [5.41, 5.74) is 7.10. The minimum atomic E-state index is 0.257. The lowest BCUT2D eigenvalue weighted by Gasteiger charge is -2.11. The highest BCUT2D eigenvalue weighted by molar-refractivity contribution is 7.80. The van der Waals surface area contributed by atoms with Crippen molar-refractivity contribution in [3.63, 3.8) is 0 Å². The molecule has 0 amide bonds. The molecule has 1 aromatic heterocycles. The molecule has 0 radical (unpaired) electrons.